The van der Waals surface area contributed by atoms with Gasteiger partial charge in [0.05, 0.1) is 33.9 Å². The number of esters is 2. The number of quaternary nitrogens is 1. The molecule has 0 aromatic carbocycles. The van der Waals surface area contributed by atoms with Gasteiger partial charge in [-0.1, -0.05) is 132 Å². The quantitative estimate of drug-likeness (QED) is 0.0158. The standard InChI is InChI=1S/C44H78NO9P/c1-6-8-10-11-12-13-14-15-18-21-24-27-31-35-43(47)51-39-42(40-53-55(49,50)52-38-37-45(3,4)5)54-44(48)36-32-28-25-22-19-16-17-20-23-26-30-34-41(46)33-29-9-7-2/h13-14,16-17,22-23,25-26,30,34,41-42,46H,6-12,15,18-21,24,27-29,31-33,35-40H2,1-5H3/p+1/b14-13-,17-16-,25-22-,26-23-,34-30+/t41-,42+/m0/s1. The zero-order chi connectivity index (χ0) is 40.9. The number of likely N-dealkylation sites (N-methyl/N-ethyl adjacent to an activating group) is 1. The van der Waals surface area contributed by atoms with Crippen LogP contribution in [0.4, 0.5) is 0 Å². The number of phosphoric ester groups is 1. The zero-order valence-corrected chi connectivity index (χ0v) is 36.1. The maximum atomic E-state index is 12.6. The lowest BCUT2D eigenvalue weighted by Gasteiger charge is -2.24. The Kier molecular flexibility index (Phi) is 34.5. The Balaban J connectivity index is 4.56. The summed E-state index contributed by atoms with van der Waals surface area (Å²) in [5.41, 5.74) is 0. The van der Waals surface area contributed by atoms with Gasteiger partial charge >= 0.3 is 19.8 Å². The van der Waals surface area contributed by atoms with Crippen LogP contribution in [0.15, 0.2) is 60.8 Å². The highest BCUT2D eigenvalue weighted by Gasteiger charge is 2.27. The van der Waals surface area contributed by atoms with Gasteiger partial charge in [-0.3, -0.25) is 18.6 Å². The molecule has 55 heavy (non-hydrogen) atoms. The lowest BCUT2D eigenvalue weighted by Crippen LogP contribution is -2.37. The van der Waals surface area contributed by atoms with Crippen LogP contribution in [0.25, 0.3) is 0 Å². The Morgan fingerprint density at radius 2 is 1.22 bits per heavy atom. The van der Waals surface area contributed by atoms with Crippen molar-refractivity contribution in [2.45, 2.75) is 161 Å². The first kappa shape index (κ1) is 52.7. The first-order valence-corrected chi connectivity index (χ1v) is 22.6. The van der Waals surface area contributed by atoms with E-state index in [-0.39, 0.29) is 32.2 Å². The number of ether oxygens (including phenoxy) is 2. The molecule has 0 heterocycles. The van der Waals surface area contributed by atoms with E-state index in [0.29, 0.717) is 30.3 Å². The van der Waals surface area contributed by atoms with Crippen molar-refractivity contribution in [3.63, 3.8) is 0 Å². The first-order chi connectivity index (χ1) is 26.4. The molecule has 0 radical (unpaired) electrons. The lowest BCUT2D eigenvalue weighted by molar-refractivity contribution is -0.870. The van der Waals surface area contributed by atoms with Crippen molar-refractivity contribution in [3.8, 4) is 0 Å². The van der Waals surface area contributed by atoms with E-state index in [1.54, 1.807) is 0 Å². The van der Waals surface area contributed by atoms with Gasteiger partial charge in [-0.05, 0) is 64.2 Å². The summed E-state index contributed by atoms with van der Waals surface area (Å²) in [5.74, 6) is -0.907. The van der Waals surface area contributed by atoms with Gasteiger partial charge in [-0.25, -0.2) is 4.57 Å². The molecule has 0 fully saturated rings. The van der Waals surface area contributed by atoms with E-state index in [4.69, 9.17) is 18.5 Å². The maximum absolute atomic E-state index is 12.6. The zero-order valence-electron chi connectivity index (χ0n) is 35.3. The Morgan fingerprint density at radius 1 is 0.655 bits per heavy atom. The van der Waals surface area contributed by atoms with Crippen LogP contribution in [-0.2, 0) is 32.7 Å². The molecule has 0 aliphatic carbocycles. The first-order valence-electron chi connectivity index (χ1n) is 21.1. The van der Waals surface area contributed by atoms with Gasteiger partial charge < -0.3 is 24.0 Å². The number of phosphoric acid groups is 1. The number of unbranched alkanes of at least 4 members (excludes halogenated alkanes) is 12. The molecule has 11 heteroatoms. The predicted molar refractivity (Wildman–Crippen MR) is 225 cm³/mol. The second-order valence-electron chi connectivity index (χ2n) is 15.2. The maximum Gasteiger partial charge on any atom is 0.472 e. The van der Waals surface area contributed by atoms with Crippen molar-refractivity contribution >= 4 is 19.8 Å². The van der Waals surface area contributed by atoms with Crippen LogP contribution >= 0.6 is 7.82 Å². The number of carbonyl (C=O) groups is 2. The van der Waals surface area contributed by atoms with Crippen LogP contribution in [0.5, 0.6) is 0 Å². The third-order valence-electron chi connectivity index (χ3n) is 8.62. The SMILES string of the molecule is CCCCCC/C=C\CCCCCCCC(=O)OC[C@H](COP(=O)(O)OCC[N+](C)(C)C)OC(=O)CCC/C=C\C/C=C\C/C=C\C=C\[C@@H](O)CCCCC. The minimum atomic E-state index is -4.40. The fourth-order valence-electron chi connectivity index (χ4n) is 5.23. The highest BCUT2D eigenvalue weighted by molar-refractivity contribution is 7.47. The average molecular weight is 797 g/mol. The van der Waals surface area contributed by atoms with Crippen LogP contribution in [0.1, 0.15) is 149 Å². The molecule has 0 aromatic heterocycles. The number of hydrogen-bond donors (Lipinski definition) is 2. The number of nitrogens with zero attached hydrogens (tertiary/aromatic N) is 1. The molecule has 0 aliphatic heterocycles. The van der Waals surface area contributed by atoms with E-state index in [0.717, 1.165) is 70.6 Å². The summed E-state index contributed by atoms with van der Waals surface area (Å²) in [4.78, 5) is 35.3. The second kappa shape index (κ2) is 36.0. The highest BCUT2D eigenvalue weighted by atomic mass is 31.2. The molecule has 3 atom stereocenters. The monoisotopic (exact) mass is 797 g/mol. The van der Waals surface area contributed by atoms with E-state index in [9.17, 15) is 24.2 Å². The summed E-state index contributed by atoms with van der Waals surface area (Å²) in [6.07, 6.45) is 38.9. The topological polar surface area (TPSA) is 129 Å². The molecule has 0 bridgehead atoms. The fraction of sp³-hybridized carbons (Fsp3) is 0.727. The van der Waals surface area contributed by atoms with E-state index < -0.39 is 32.5 Å². The lowest BCUT2D eigenvalue weighted by atomic mass is 10.1. The fourth-order valence-corrected chi connectivity index (χ4v) is 5.97. The molecular formula is C44H79NO9P+. The number of allylic oxidation sites excluding steroid dienone is 9. The van der Waals surface area contributed by atoms with Crippen LogP contribution in [0.2, 0.25) is 0 Å². The Hall–Kier alpha value is -2.33. The molecular weight excluding hydrogens is 717 g/mol. The van der Waals surface area contributed by atoms with Crippen molar-refractivity contribution in [2.24, 2.45) is 0 Å². The molecule has 0 saturated heterocycles. The molecule has 0 spiro atoms. The van der Waals surface area contributed by atoms with Crippen molar-refractivity contribution in [3.05, 3.63) is 60.8 Å². The van der Waals surface area contributed by atoms with Crippen LogP contribution in [0.3, 0.4) is 0 Å². The minimum absolute atomic E-state index is 0.00950. The van der Waals surface area contributed by atoms with E-state index in [1.165, 1.54) is 32.1 Å². The summed E-state index contributed by atoms with van der Waals surface area (Å²) >= 11 is 0. The van der Waals surface area contributed by atoms with Crippen LogP contribution in [0, 0.1) is 0 Å². The van der Waals surface area contributed by atoms with Crippen molar-refractivity contribution in [2.75, 3.05) is 47.5 Å². The van der Waals surface area contributed by atoms with Crippen molar-refractivity contribution in [1.29, 1.82) is 0 Å². The van der Waals surface area contributed by atoms with E-state index >= 15 is 0 Å². The number of aliphatic hydroxyl groups is 1. The van der Waals surface area contributed by atoms with Gasteiger partial charge in [-0.15, -0.1) is 0 Å². The molecule has 318 valence electrons. The minimum Gasteiger partial charge on any atom is -0.462 e. The Morgan fingerprint density at radius 3 is 1.91 bits per heavy atom. The molecule has 0 aromatic rings. The van der Waals surface area contributed by atoms with Crippen molar-refractivity contribution < 1.29 is 47.2 Å². The smallest absolute Gasteiger partial charge is 0.462 e. The summed E-state index contributed by atoms with van der Waals surface area (Å²) in [6.45, 7) is 4.17. The number of hydrogen-bond acceptors (Lipinski definition) is 8. The molecule has 2 N–H and O–H groups in total. The Labute approximate surface area is 335 Å². The summed E-state index contributed by atoms with van der Waals surface area (Å²) < 4.78 is 34.1. The number of rotatable bonds is 37. The van der Waals surface area contributed by atoms with Gasteiger partial charge in [0.1, 0.15) is 19.8 Å². The molecule has 0 aliphatic rings. The Bertz CT molecular complexity index is 1140. The molecule has 0 rings (SSSR count). The molecule has 1 unspecified atom stereocenters. The number of aliphatic hydroxyl groups excluding tert-OH is 1. The van der Waals surface area contributed by atoms with Gasteiger partial charge in [0, 0.05) is 12.8 Å². The molecule has 10 nitrogen and oxygen atoms in total. The highest BCUT2D eigenvalue weighted by Crippen LogP contribution is 2.43. The molecule has 0 amide bonds. The average Bonchev–Trinajstić information content (AvgIpc) is 3.12. The predicted octanol–water partition coefficient (Wildman–Crippen LogP) is 10.7. The van der Waals surface area contributed by atoms with E-state index in [2.05, 4.69) is 38.2 Å². The summed E-state index contributed by atoms with van der Waals surface area (Å²) in [6, 6.07) is 0. The van der Waals surface area contributed by atoms with E-state index in [1.807, 2.05) is 57.6 Å². The normalized spacial score (nSPS) is 14.8. The van der Waals surface area contributed by atoms with Crippen molar-refractivity contribution in [1.82, 2.24) is 0 Å². The summed E-state index contributed by atoms with van der Waals surface area (Å²) in [5, 5.41) is 9.90. The second-order valence-corrected chi connectivity index (χ2v) is 16.7. The largest absolute Gasteiger partial charge is 0.472 e. The van der Waals surface area contributed by atoms with Crippen LogP contribution < -0.4 is 0 Å². The summed E-state index contributed by atoms with van der Waals surface area (Å²) in [7, 11) is 1.40. The van der Waals surface area contributed by atoms with Gasteiger partial charge in [-0.2, -0.15) is 0 Å². The number of carbonyl (C=O) groups excluding carboxylic acids is 2. The van der Waals surface area contributed by atoms with Crippen LogP contribution in [-0.4, -0.2) is 86.1 Å². The van der Waals surface area contributed by atoms with Gasteiger partial charge in [0.25, 0.3) is 0 Å². The van der Waals surface area contributed by atoms with Gasteiger partial charge in [0.15, 0.2) is 6.10 Å². The molecule has 0 saturated carbocycles. The van der Waals surface area contributed by atoms with Gasteiger partial charge in [0.2, 0.25) is 0 Å². The third-order valence-corrected chi connectivity index (χ3v) is 9.61. The third kappa shape index (κ3) is 39.7.